The number of methoxy groups -OCH3 is 4. The first kappa shape index (κ1) is 31.4. The average Bonchev–Trinajstić information content (AvgIpc) is 3.78. The highest BCUT2D eigenvalue weighted by atomic mass is 19.1. The standard InChI is InChI=1S/C40H33FN4O4/c1-46-29-15-7-11-25(21-29)35-36(26-12-8-16-30(22-26)47-2)43-39(42-35)40-44-37(27-13-9-17-31(23-27)48-3)38(28-14-10-18-32(24-28)49-4)45(40)34-20-6-5-19-33(34)41/h5-24,38H,1-4H3. The van der Waals surface area contributed by atoms with Crippen molar-refractivity contribution < 1.29 is 23.3 Å². The van der Waals surface area contributed by atoms with Crippen molar-refractivity contribution in [2.75, 3.05) is 33.3 Å². The molecule has 1 unspecified atom stereocenters. The molecule has 0 fully saturated rings. The van der Waals surface area contributed by atoms with Gasteiger partial charge in [-0.15, -0.1) is 0 Å². The molecular weight excluding hydrogens is 619 g/mol. The first-order valence-electron chi connectivity index (χ1n) is 15.6. The number of para-hydroxylation sites is 1. The molecule has 7 rings (SSSR count). The number of anilines is 1. The summed E-state index contributed by atoms with van der Waals surface area (Å²) in [4.78, 5) is 17.4. The third kappa shape index (κ3) is 6.02. The van der Waals surface area contributed by atoms with Gasteiger partial charge in [-0.3, -0.25) is 0 Å². The van der Waals surface area contributed by atoms with Crippen LogP contribution in [-0.2, 0) is 0 Å². The van der Waals surface area contributed by atoms with E-state index in [9.17, 15) is 0 Å². The van der Waals surface area contributed by atoms with Crippen molar-refractivity contribution in [2.45, 2.75) is 6.04 Å². The molecule has 2 heterocycles. The summed E-state index contributed by atoms with van der Waals surface area (Å²) in [5, 5.41) is 0. The smallest absolute Gasteiger partial charge is 0.197 e. The van der Waals surface area contributed by atoms with E-state index in [1.807, 2.05) is 102 Å². The number of rotatable bonds is 9. The maximum atomic E-state index is 16.0. The summed E-state index contributed by atoms with van der Waals surface area (Å²) in [6.45, 7) is 0. The number of ether oxygens (including phenoxy) is 4. The molecule has 0 bridgehead atoms. The molecule has 0 radical (unpaired) electrons. The Labute approximate surface area is 284 Å². The zero-order valence-corrected chi connectivity index (χ0v) is 27.4. The van der Waals surface area contributed by atoms with E-state index >= 15 is 4.39 Å². The second kappa shape index (κ2) is 13.5. The molecule has 2 aliphatic heterocycles. The summed E-state index contributed by atoms with van der Waals surface area (Å²) in [6.07, 6.45) is 0. The van der Waals surface area contributed by atoms with Crippen LogP contribution >= 0.6 is 0 Å². The van der Waals surface area contributed by atoms with Gasteiger partial charge in [-0.2, -0.15) is 0 Å². The maximum absolute atomic E-state index is 16.0. The molecule has 0 N–H and O–H groups in total. The lowest BCUT2D eigenvalue weighted by Crippen LogP contribution is -2.29. The molecule has 9 heteroatoms. The highest BCUT2D eigenvalue weighted by Gasteiger charge is 2.40. The van der Waals surface area contributed by atoms with Crippen LogP contribution in [0.2, 0.25) is 0 Å². The van der Waals surface area contributed by atoms with Gasteiger partial charge in [-0.1, -0.05) is 60.7 Å². The molecule has 8 nitrogen and oxygen atoms in total. The van der Waals surface area contributed by atoms with E-state index in [1.54, 1.807) is 46.6 Å². The van der Waals surface area contributed by atoms with Crippen LogP contribution in [0.25, 0.3) is 0 Å². The van der Waals surface area contributed by atoms with Crippen molar-refractivity contribution in [3.05, 3.63) is 161 Å². The van der Waals surface area contributed by atoms with Crippen LogP contribution in [0.4, 0.5) is 10.1 Å². The Hall–Kier alpha value is -6.22. The Bertz CT molecular complexity index is 2110. The van der Waals surface area contributed by atoms with Crippen molar-refractivity contribution in [2.24, 2.45) is 15.0 Å². The molecule has 0 spiro atoms. The molecule has 244 valence electrons. The van der Waals surface area contributed by atoms with E-state index < -0.39 is 11.9 Å². The summed E-state index contributed by atoms with van der Waals surface area (Å²) >= 11 is 0. The summed E-state index contributed by atoms with van der Waals surface area (Å²) < 4.78 is 38.3. The highest BCUT2D eigenvalue weighted by Crippen LogP contribution is 2.44. The van der Waals surface area contributed by atoms with Crippen LogP contribution in [-0.4, -0.2) is 45.6 Å². The van der Waals surface area contributed by atoms with Crippen LogP contribution in [0.1, 0.15) is 28.3 Å². The Morgan fingerprint density at radius 3 is 1.57 bits per heavy atom. The van der Waals surface area contributed by atoms with Gasteiger partial charge >= 0.3 is 0 Å². The van der Waals surface area contributed by atoms with E-state index in [0.717, 1.165) is 22.3 Å². The van der Waals surface area contributed by atoms with Crippen molar-refractivity contribution >= 4 is 22.8 Å². The maximum Gasteiger partial charge on any atom is 0.197 e. The number of halogens is 1. The average molecular weight is 653 g/mol. The predicted molar refractivity (Wildman–Crippen MR) is 190 cm³/mol. The molecule has 0 saturated carbocycles. The minimum atomic E-state index is -0.576. The van der Waals surface area contributed by atoms with Crippen molar-refractivity contribution in [3.8, 4) is 23.0 Å². The fourth-order valence-electron chi connectivity index (χ4n) is 6.04. The van der Waals surface area contributed by atoms with Crippen LogP contribution < -0.4 is 23.8 Å². The van der Waals surface area contributed by atoms with E-state index in [-0.39, 0.29) is 0 Å². The molecule has 0 aromatic heterocycles. The Kier molecular flexibility index (Phi) is 8.64. The second-order valence-electron chi connectivity index (χ2n) is 11.3. The van der Waals surface area contributed by atoms with E-state index in [0.29, 0.717) is 57.5 Å². The van der Waals surface area contributed by atoms with Gasteiger partial charge in [-0.25, -0.2) is 19.4 Å². The number of aliphatic imine (C=N–C) groups is 3. The van der Waals surface area contributed by atoms with Crippen LogP contribution in [0.3, 0.4) is 0 Å². The van der Waals surface area contributed by atoms with E-state index in [1.165, 1.54) is 6.07 Å². The summed E-state index contributed by atoms with van der Waals surface area (Å²) in [6, 6.07) is 36.7. The molecule has 5 aromatic rings. The lowest BCUT2D eigenvalue weighted by molar-refractivity contribution is 0.414. The van der Waals surface area contributed by atoms with Crippen molar-refractivity contribution in [3.63, 3.8) is 0 Å². The highest BCUT2D eigenvalue weighted by molar-refractivity contribution is 6.55. The lowest BCUT2D eigenvalue weighted by atomic mass is 9.95. The largest absolute Gasteiger partial charge is 0.497 e. The number of hydrogen-bond acceptors (Lipinski definition) is 8. The van der Waals surface area contributed by atoms with Gasteiger partial charge < -0.3 is 23.8 Å². The number of benzene rings is 5. The summed E-state index contributed by atoms with van der Waals surface area (Å²) in [5.74, 6) is 2.98. The number of hydrogen-bond donors (Lipinski definition) is 0. The molecule has 0 amide bonds. The Morgan fingerprint density at radius 1 is 0.531 bits per heavy atom. The van der Waals surface area contributed by atoms with Gasteiger partial charge in [0.15, 0.2) is 11.6 Å². The monoisotopic (exact) mass is 652 g/mol. The van der Waals surface area contributed by atoms with E-state index in [2.05, 4.69) is 0 Å². The van der Waals surface area contributed by atoms with Gasteiger partial charge in [0.1, 0.15) is 34.9 Å². The third-order valence-electron chi connectivity index (χ3n) is 8.40. The molecule has 1 atom stereocenters. The van der Waals surface area contributed by atoms with Gasteiger partial charge in [0.2, 0.25) is 0 Å². The normalized spacial score (nSPS) is 15.5. The Balaban J connectivity index is 1.53. The first-order valence-corrected chi connectivity index (χ1v) is 15.6. The first-order chi connectivity index (χ1) is 24.0. The zero-order valence-electron chi connectivity index (χ0n) is 27.4. The minimum Gasteiger partial charge on any atom is -0.497 e. The van der Waals surface area contributed by atoms with Gasteiger partial charge in [0.05, 0.1) is 51.3 Å². The molecule has 49 heavy (non-hydrogen) atoms. The summed E-state index contributed by atoms with van der Waals surface area (Å²) in [5.41, 5.74) is 5.46. The van der Waals surface area contributed by atoms with Crippen molar-refractivity contribution in [1.29, 1.82) is 0 Å². The topological polar surface area (TPSA) is 77.2 Å². The molecule has 2 aliphatic rings. The lowest BCUT2D eigenvalue weighted by Gasteiger charge is -2.29. The SMILES string of the molecule is COc1cccc(C2=NC(=C3N=C(c4cccc(OC)c4)C(c4cccc(OC)c4)N3c3ccccc3F)N=C2c2cccc(OC)c2)c1. The van der Waals surface area contributed by atoms with Crippen LogP contribution in [0.5, 0.6) is 23.0 Å². The van der Waals surface area contributed by atoms with Gasteiger partial charge in [0.25, 0.3) is 0 Å². The predicted octanol–water partition coefficient (Wildman–Crippen LogP) is 8.03. The van der Waals surface area contributed by atoms with E-state index in [4.69, 9.17) is 33.9 Å². The molecule has 0 aliphatic carbocycles. The quantitative estimate of drug-likeness (QED) is 0.161. The zero-order chi connectivity index (χ0) is 33.9. The fraction of sp³-hybridized carbons (Fsp3) is 0.125. The van der Waals surface area contributed by atoms with Crippen LogP contribution in [0, 0.1) is 5.82 Å². The fourth-order valence-corrected chi connectivity index (χ4v) is 6.04. The molecule has 0 saturated heterocycles. The Morgan fingerprint density at radius 2 is 1.02 bits per heavy atom. The third-order valence-corrected chi connectivity index (χ3v) is 8.40. The van der Waals surface area contributed by atoms with Crippen molar-refractivity contribution in [1.82, 2.24) is 0 Å². The molecule has 5 aromatic carbocycles. The second-order valence-corrected chi connectivity index (χ2v) is 11.3. The summed E-state index contributed by atoms with van der Waals surface area (Å²) in [7, 11) is 6.49. The molecular formula is C40H33FN4O4. The van der Waals surface area contributed by atoms with Gasteiger partial charge in [-0.05, 0) is 66.2 Å². The number of nitrogens with zero attached hydrogens (tertiary/aromatic N) is 4. The van der Waals surface area contributed by atoms with Gasteiger partial charge in [0, 0.05) is 16.7 Å². The minimum absolute atomic E-state index is 0.322. The van der Waals surface area contributed by atoms with Crippen LogP contribution in [0.15, 0.2) is 148 Å².